The molecule has 1 amide bonds. The molecule has 0 saturated carbocycles. The third-order valence-electron chi connectivity index (χ3n) is 4.02. The maximum atomic E-state index is 12.8. The summed E-state index contributed by atoms with van der Waals surface area (Å²) in [5.74, 6) is -0.438. The number of hydrogen-bond donors (Lipinski definition) is 1. The number of alkyl halides is 1. The van der Waals surface area contributed by atoms with Gasteiger partial charge in [-0.15, -0.1) is 0 Å². The first kappa shape index (κ1) is 14.5. The molecule has 1 fully saturated rings. The molecule has 9 heteroatoms. The van der Waals surface area contributed by atoms with Crippen LogP contribution in [0.1, 0.15) is 10.4 Å². The lowest BCUT2D eigenvalue weighted by molar-refractivity contribution is 0.0455. The SMILES string of the molecule is O=C(c1c(-c2cnccn2)nn2c(=O)cc[nH]c12)N1CC(CF)C1. The Morgan fingerprint density at radius 3 is 2.92 bits per heavy atom. The van der Waals surface area contributed by atoms with Crippen molar-refractivity contribution in [3.8, 4) is 11.4 Å². The minimum Gasteiger partial charge on any atom is -0.346 e. The molecule has 0 atom stereocenters. The van der Waals surface area contributed by atoms with Crippen LogP contribution in [-0.4, -0.2) is 55.1 Å². The Kier molecular flexibility index (Phi) is 3.33. The van der Waals surface area contributed by atoms with E-state index in [9.17, 15) is 14.0 Å². The Balaban J connectivity index is 1.88. The first-order chi connectivity index (χ1) is 11.7. The average Bonchev–Trinajstić information content (AvgIpc) is 2.95. The van der Waals surface area contributed by atoms with Crippen molar-refractivity contribution in [2.45, 2.75) is 0 Å². The van der Waals surface area contributed by atoms with E-state index in [2.05, 4.69) is 20.1 Å². The van der Waals surface area contributed by atoms with Crippen LogP contribution in [-0.2, 0) is 0 Å². The fourth-order valence-electron chi connectivity index (χ4n) is 2.77. The van der Waals surface area contributed by atoms with Gasteiger partial charge in [-0.1, -0.05) is 0 Å². The summed E-state index contributed by atoms with van der Waals surface area (Å²) in [5, 5.41) is 4.23. The number of nitrogens with one attached hydrogen (secondary N) is 1. The maximum absolute atomic E-state index is 12.8. The quantitative estimate of drug-likeness (QED) is 0.756. The van der Waals surface area contributed by atoms with Crippen molar-refractivity contribution in [3.63, 3.8) is 0 Å². The lowest BCUT2D eigenvalue weighted by atomic mass is 10.00. The molecule has 4 rings (SSSR count). The van der Waals surface area contributed by atoms with E-state index in [4.69, 9.17) is 0 Å². The second-order valence-electron chi connectivity index (χ2n) is 5.62. The third-order valence-corrected chi connectivity index (χ3v) is 4.02. The van der Waals surface area contributed by atoms with E-state index in [1.54, 1.807) is 0 Å². The highest BCUT2D eigenvalue weighted by Crippen LogP contribution is 2.27. The van der Waals surface area contributed by atoms with Crippen molar-refractivity contribution in [3.05, 3.63) is 46.8 Å². The second-order valence-corrected chi connectivity index (χ2v) is 5.62. The number of aromatic amines is 1. The van der Waals surface area contributed by atoms with Gasteiger partial charge in [-0.3, -0.25) is 23.9 Å². The van der Waals surface area contributed by atoms with Crippen molar-refractivity contribution in [1.29, 1.82) is 0 Å². The molecular formula is C15H13FN6O2. The standard InChI is InChI=1S/C15H13FN6O2/c16-5-9-7-21(8-9)15(24)12-13(10-6-17-3-4-18-10)20-22-11(23)1-2-19-14(12)22/h1-4,6,9,19H,5,7-8H2. The first-order valence-corrected chi connectivity index (χ1v) is 7.41. The number of hydrogen-bond acceptors (Lipinski definition) is 5. The minimum atomic E-state index is -0.452. The van der Waals surface area contributed by atoms with Crippen LogP contribution >= 0.6 is 0 Å². The van der Waals surface area contributed by atoms with Gasteiger partial charge < -0.3 is 9.88 Å². The molecule has 1 N–H and O–H groups in total. The van der Waals surface area contributed by atoms with E-state index < -0.39 is 6.67 Å². The van der Waals surface area contributed by atoms with Crippen LogP contribution in [0.4, 0.5) is 4.39 Å². The molecule has 3 aromatic rings. The van der Waals surface area contributed by atoms with E-state index in [0.717, 1.165) is 4.52 Å². The molecule has 0 radical (unpaired) electrons. The van der Waals surface area contributed by atoms with Crippen LogP contribution < -0.4 is 5.56 Å². The van der Waals surface area contributed by atoms with E-state index in [-0.39, 0.29) is 34.3 Å². The van der Waals surface area contributed by atoms with Gasteiger partial charge in [0.25, 0.3) is 11.5 Å². The lowest BCUT2D eigenvalue weighted by Gasteiger charge is -2.37. The highest BCUT2D eigenvalue weighted by molar-refractivity contribution is 6.05. The molecule has 1 aliphatic rings. The lowest BCUT2D eigenvalue weighted by Crippen LogP contribution is -2.50. The molecule has 0 unspecified atom stereocenters. The molecule has 1 aliphatic heterocycles. The highest BCUT2D eigenvalue weighted by atomic mass is 19.1. The van der Waals surface area contributed by atoms with Crippen LogP contribution in [0, 0.1) is 5.92 Å². The molecule has 4 heterocycles. The number of carbonyl (C=O) groups excluding carboxylic acids is 1. The van der Waals surface area contributed by atoms with Gasteiger partial charge in [0.1, 0.15) is 17.0 Å². The van der Waals surface area contributed by atoms with Gasteiger partial charge in [-0.2, -0.15) is 9.61 Å². The zero-order chi connectivity index (χ0) is 16.7. The summed E-state index contributed by atoms with van der Waals surface area (Å²) in [6.07, 6.45) is 5.92. The molecule has 3 aromatic heterocycles. The summed E-state index contributed by atoms with van der Waals surface area (Å²) in [5.41, 5.74) is 0.830. The Morgan fingerprint density at radius 2 is 2.21 bits per heavy atom. The van der Waals surface area contributed by atoms with E-state index in [1.165, 1.54) is 35.8 Å². The fraction of sp³-hybridized carbons (Fsp3) is 0.267. The summed E-state index contributed by atoms with van der Waals surface area (Å²) in [6, 6.07) is 1.32. The van der Waals surface area contributed by atoms with Crippen molar-refractivity contribution in [2.75, 3.05) is 19.8 Å². The third kappa shape index (κ3) is 2.16. The number of aromatic nitrogens is 5. The summed E-state index contributed by atoms with van der Waals surface area (Å²) < 4.78 is 13.8. The molecule has 0 aliphatic carbocycles. The van der Waals surface area contributed by atoms with Gasteiger partial charge >= 0.3 is 0 Å². The number of rotatable bonds is 3. The molecule has 0 aromatic carbocycles. The number of amides is 1. The molecule has 24 heavy (non-hydrogen) atoms. The second kappa shape index (κ2) is 5.52. The van der Waals surface area contributed by atoms with E-state index in [0.29, 0.717) is 18.8 Å². The van der Waals surface area contributed by atoms with Gasteiger partial charge in [0.2, 0.25) is 0 Å². The number of fused-ring (bicyclic) bond motifs is 1. The number of halogens is 1. The number of H-pyrrole nitrogens is 1. The zero-order valence-corrected chi connectivity index (χ0v) is 12.5. The Hall–Kier alpha value is -3.10. The maximum Gasteiger partial charge on any atom is 0.274 e. The van der Waals surface area contributed by atoms with Crippen molar-refractivity contribution in [1.82, 2.24) is 29.5 Å². The Morgan fingerprint density at radius 1 is 1.38 bits per heavy atom. The summed E-state index contributed by atoms with van der Waals surface area (Å²) in [4.78, 5) is 37.4. The minimum absolute atomic E-state index is 0.130. The Bertz CT molecular complexity index is 961. The van der Waals surface area contributed by atoms with E-state index >= 15 is 0 Å². The highest BCUT2D eigenvalue weighted by Gasteiger charge is 2.35. The van der Waals surface area contributed by atoms with Crippen molar-refractivity contribution >= 4 is 11.6 Å². The van der Waals surface area contributed by atoms with Gasteiger partial charge in [-0.05, 0) is 0 Å². The Labute approximate surface area is 135 Å². The zero-order valence-electron chi connectivity index (χ0n) is 12.5. The van der Waals surface area contributed by atoms with Gasteiger partial charge in [0, 0.05) is 43.7 Å². The summed E-state index contributed by atoms with van der Waals surface area (Å²) >= 11 is 0. The van der Waals surface area contributed by atoms with Gasteiger partial charge in [0.15, 0.2) is 5.65 Å². The fourth-order valence-corrected chi connectivity index (χ4v) is 2.77. The molecule has 8 nitrogen and oxygen atoms in total. The molecule has 122 valence electrons. The van der Waals surface area contributed by atoms with Crippen molar-refractivity contribution in [2.24, 2.45) is 5.92 Å². The van der Waals surface area contributed by atoms with Crippen LogP contribution in [0.5, 0.6) is 0 Å². The summed E-state index contributed by atoms with van der Waals surface area (Å²) in [7, 11) is 0. The largest absolute Gasteiger partial charge is 0.346 e. The van der Waals surface area contributed by atoms with Crippen LogP contribution in [0.2, 0.25) is 0 Å². The number of carbonyl (C=O) groups is 1. The average molecular weight is 328 g/mol. The number of nitrogens with zero attached hydrogens (tertiary/aromatic N) is 5. The van der Waals surface area contributed by atoms with Gasteiger partial charge in [-0.25, -0.2) is 0 Å². The van der Waals surface area contributed by atoms with Gasteiger partial charge in [0.05, 0.1) is 12.9 Å². The topological polar surface area (TPSA) is 96.2 Å². The first-order valence-electron chi connectivity index (χ1n) is 7.41. The monoisotopic (exact) mass is 328 g/mol. The van der Waals surface area contributed by atoms with E-state index in [1.807, 2.05) is 0 Å². The predicted octanol–water partition coefficient (Wildman–Crippen LogP) is 0.521. The number of likely N-dealkylation sites (tertiary alicyclic amines) is 1. The van der Waals surface area contributed by atoms with Crippen LogP contribution in [0.25, 0.3) is 17.0 Å². The normalized spacial score (nSPS) is 14.8. The van der Waals surface area contributed by atoms with Crippen LogP contribution in [0.3, 0.4) is 0 Å². The predicted molar refractivity (Wildman–Crippen MR) is 82.2 cm³/mol. The molecule has 0 bridgehead atoms. The van der Waals surface area contributed by atoms with Crippen molar-refractivity contribution < 1.29 is 9.18 Å². The molecule has 0 spiro atoms. The molecular weight excluding hydrogens is 315 g/mol. The summed E-state index contributed by atoms with van der Waals surface area (Å²) in [6.45, 7) is 0.250. The molecule has 1 saturated heterocycles. The van der Waals surface area contributed by atoms with Crippen LogP contribution in [0.15, 0.2) is 35.6 Å². The smallest absolute Gasteiger partial charge is 0.274 e.